The lowest BCUT2D eigenvalue weighted by Crippen LogP contribution is -2.39. The van der Waals surface area contributed by atoms with Crippen LogP contribution in [0.5, 0.6) is 0 Å². The highest BCUT2D eigenvalue weighted by Crippen LogP contribution is 2.07. The van der Waals surface area contributed by atoms with Crippen molar-refractivity contribution in [1.29, 1.82) is 0 Å². The van der Waals surface area contributed by atoms with E-state index >= 15 is 0 Å². The van der Waals surface area contributed by atoms with Crippen LogP contribution < -0.4 is 5.32 Å². The minimum atomic E-state index is -1.22. The molecule has 0 aliphatic rings. The lowest BCUT2D eigenvalue weighted by atomic mass is 10.0. The van der Waals surface area contributed by atoms with Crippen LogP contribution in [-0.2, 0) is 19.2 Å². The zero-order valence-electron chi connectivity index (χ0n) is 16.0. The van der Waals surface area contributed by atoms with Crippen LogP contribution in [-0.4, -0.2) is 29.8 Å². The summed E-state index contributed by atoms with van der Waals surface area (Å²) in [6.07, 6.45) is 12.4. The second kappa shape index (κ2) is 16.0. The smallest absolute Gasteiger partial charge is 0.296 e. The van der Waals surface area contributed by atoms with Crippen molar-refractivity contribution >= 4 is 23.3 Å². The van der Waals surface area contributed by atoms with E-state index in [2.05, 4.69) is 19.2 Å². The SMILES string of the molecule is CCCCCCCCNC(=O)C(=O)C(=O)C(=O)CCCCCCCC. The molecule has 0 bridgehead atoms. The van der Waals surface area contributed by atoms with Crippen molar-refractivity contribution in [3.05, 3.63) is 0 Å². The minimum Gasteiger partial charge on any atom is -0.349 e. The van der Waals surface area contributed by atoms with Gasteiger partial charge in [-0.05, 0) is 12.8 Å². The highest BCUT2D eigenvalue weighted by atomic mass is 16.2. The average molecular weight is 354 g/mol. The molecule has 5 heteroatoms. The van der Waals surface area contributed by atoms with Crippen molar-refractivity contribution < 1.29 is 19.2 Å². The van der Waals surface area contributed by atoms with Gasteiger partial charge in [0.25, 0.3) is 17.5 Å². The van der Waals surface area contributed by atoms with Crippen LogP contribution in [0.2, 0.25) is 0 Å². The molecular formula is C20H35NO4. The lowest BCUT2D eigenvalue weighted by molar-refractivity contribution is -0.149. The maximum Gasteiger partial charge on any atom is 0.296 e. The molecule has 5 nitrogen and oxygen atoms in total. The van der Waals surface area contributed by atoms with Gasteiger partial charge in [-0.25, -0.2) is 0 Å². The molecule has 144 valence electrons. The third-order valence-corrected chi connectivity index (χ3v) is 4.24. The number of hydrogen-bond acceptors (Lipinski definition) is 4. The fourth-order valence-corrected chi connectivity index (χ4v) is 2.60. The van der Waals surface area contributed by atoms with Crippen LogP contribution in [0.4, 0.5) is 0 Å². The van der Waals surface area contributed by atoms with Crippen molar-refractivity contribution in [2.75, 3.05) is 6.54 Å². The molecule has 0 rings (SSSR count). The molecule has 1 N–H and O–H groups in total. The number of carbonyl (C=O) groups is 4. The Bertz CT molecular complexity index is 418. The zero-order chi connectivity index (χ0) is 18.9. The topological polar surface area (TPSA) is 80.3 Å². The molecular weight excluding hydrogens is 318 g/mol. The molecule has 0 fully saturated rings. The highest BCUT2D eigenvalue weighted by molar-refractivity contribution is 6.77. The van der Waals surface area contributed by atoms with Gasteiger partial charge in [0, 0.05) is 13.0 Å². The first-order valence-corrected chi connectivity index (χ1v) is 9.94. The first-order valence-electron chi connectivity index (χ1n) is 9.94. The molecule has 0 aromatic carbocycles. The average Bonchev–Trinajstić information content (AvgIpc) is 2.62. The second-order valence-electron chi connectivity index (χ2n) is 6.62. The normalized spacial score (nSPS) is 10.5. The molecule has 0 aliphatic carbocycles. The molecule has 25 heavy (non-hydrogen) atoms. The van der Waals surface area contributed by atoms with Crippen molar-refractivity contribution in [3.63, 3.8) is 0 Å². The van der Waals surface area contributed by atoms with Crippen LogP contribution in [0.3, 0.4) is 0 Å². The number of rotatable bonds is 17. The Morgan fingerprint density at radius 1 is 0.600 bits per heavy atom. The number of Topliss-reactive ketones (excluding diaryl/α,β-unsaturated/α-hetero) is 3. The number of ketones is 3. The van der Waals surface area contributed by atoms with Crippen LogP contribution in [0.1, 0.15) is 97.3 Å². The third-order valence-electron chi connectivity index (χ3n) is 4.24. The molecule has 0 radical (unpaired) electrons. The summed E-state index contributed by atoms with van der Waals surface area (Å²) in [6, 6.07) is 0. The van der Waals surface area contributed by atoms with Crippen molar-refractivity contribution in [2.45, 2.75) is 97.3 Å². The molecule has 0 atom stereocenters. The minimum absolute atomic E-state index is 0.0570. The quantitative estimate of drug-likeness (QED) is 0.244. The Hall–Kier alpha value is -1.52. The van der Waals surface area contributed by atoms with Gasteiger partial charge in [0.1, 0.15) is 0 Å². The summed E-state index contributed by atoms with van der Waals surface area (Å²) in [6.45, 7) is 4.65. The predicted octanol–water partition coefficient (Wildman–Crippen LogP) is 3.92. The van der Waals surface area contributed by atoms with Crippen LogP contribution in [0.25, 0.3) is 0 Å². The predicted molar refractivity (Wildman–Crippen MR) is 99.4 cm³/mol. The molecule has 0 aromatic heterocycles. The second-order valence-corrected chi connectivity index (χ2v) is 6.62. The monoisotopic (exact) mass is 353 g/mol. The molecule has 0 heterocycles. The van der Waals surface area contributed by atoms with Crippen molar-refractivity contribution in [3.8, 4) is 0 Å². The van der Waals surface area contributed by atoms with E-state index in [9.17, 15) is 19.2 Å². The Labute approximate surface area is 152 Å². The number of nitrogens with one attached hydrogen (secondary N) is 1. The van der Waals surface area contributed by atoms with Gasteiger partial charge in [0.15, 0.2) is 0 Å². The standard InChI is InChI=1S/C20H35NO4/c1-3-5-7-9-11-13-15-17(22)18(23)19(24)20(25)21-16-14-12-10-8-6-4-2/h3-16H2,1-2H3,(H,21,25). The van der Waals surface area contributed by atoms with Gasteiger partial charge in [-0.3, -0.25) is 19.2 Å². The number of hydrogen-bond donors (Lipinski definition) is 1. The van der Waals surface area contributed by atoms with Gasteiger partial charge < -0.3 is 5.32 Å². The number of carbonyl (C=O) groups excluding carboxylic acids is 4. The first kappa shape index (κ1) is 23.5. The molecule has 0 spiro atoms. The fraction of sp³-hybridized carbons (Fsp3) is 0.800. The van der Waals surface area contributed by atoms with E-state index in [1.54, 1.807) is 0 Å². The molecule has 0 unspecified atom stereocenters. The van der Waals surface area contributed by atoms with Crippen LogP contribution >= 0.6 is 0 Å². The van der Waals surface area contributed by atoms with E-state index < -0.39 is 23.3 Å². The molecule has 0 aromatic rings. The van der Waals surface area contributed by atoms with Crippen molar-refractivity contribution in [2.24, 2.45) is 0 Å². The van der Waals surface area contributed by atoms with Crippen LogP contribution in [0, 0.1) is 0 Å². The van der Waals surface area contributed by atoms with E-state index in [1.807, 2.05) is 0 Å². The summed E-state index contributed by atoms with van der Waals surface area (Å²) in [7, 11) is 0. The summed E-state index contributed by atoms with van der Waals surface area (Å²) >= 11 is 0. The first-order chi connectivity index (χ1) is 12.0. The van der Waals surface area contributed by atoms with Crippen molar-refractivity contribution in [1.82, 2.24) is 5.32 Å². The van der Waals surface area contributed by atoms with Gasteiger partial charge in [-0.2, -0.15) is 0 Å². The molecule has 0 saturated carbocycles. The molecule has 0 saturated heterocycles. The summed E-state index contributed by atoms with van der Waals surface area (Å²) in [5, 5.41) is 2.44. The molecule has 1 amide bonds. The zero-order valence-corrected chi connectivity index (χ0v) is 16.0. The summed E-state index contributed by atoms with van der Waals surface area (Å²) in [5.74, 6) is -4.08. The van der Waals surface area contributed by atoms with Gasteiger partial charge >= 0.3 is 0 Å². The lowest BCUT2D eigenvalue weighted by Gasteiger charge is -2.04. The summed E-state index contributed by atoms with van der Waals surface area (Å²) in [4.78, 5) is 46.7. The van der Waals surface area contributed by atoms with E-state index in [0.717, 1.165) is 44.9 Å². The van der Waals surface area contributed by atoms with E-state index in [-0.39, 0.29) is 6.42 Å². The van der Waals surface area contributed by atoms with E-state index in [1.165, 1.54) is 25.7 Å². The Morgan fingerprint density at radius 3 is 1.64 bits per heavy atom. The maximum atomic E-state index is 11.7. The Balaban J connectivity index is 3.84. The van der Waals surface area contributed by atoms with Gasteiger partial charge in [0.2, 0.25) is 5.78 Å². The van der Waals surface area contributed by atoms with Gasteiger partial charge in [0.05, 0.1) is 0 Å². The summed E-state index contributed by atoms with van der Waals surface area (Å²) in [5.41, 5.74) is 0. The fourth-order valence-electron chi connectivity index (χ4n) is 2.60. The number of unbranched alkanes of at least 4 members (excludes halogenated alkanes) is 10. The maximum absolute atomic E-state index is 11.7. The Kier molecular flexibility index (Phi) is 15.0. The largest absolute Gasteiger partial charge is 0.349 e. The van der Waals surface area contributed by atoms with Gasteiger partial charge in [-0.15, -0.1) is 0 Å². The van der Waals surface area contributed by atoms with Crippen LogP contribution in [0.15, 0.2) is 0 Å². The highest BCUT2D eigenvalue weighted by Gasteiger charge is 2.27. The molecule has 0 aliphatic heterocycles. The summed E-state index contributed by atoms with van der Waals surface area (Å²) < 4.78 is 0. The van der Waals surface area contributed by atoms with E-state index in [0.29, 0.717) is 13.0 Å². The van der Waals surface area contributed by atoms with E-state index in [4.69, 9.17) is 0 Å². The third kappa shape index (κ3) is 12.5. The van der Waals surface area contributed by atoms with Gasteiger partial charge in [-0.1, -0.05) is 78.1 Å². The number of amides is 1. The Morgan fingerprint density at radius 2 is 1.08 bits per heavy atom.